The van der Waals surface area contributed by atoms with Gasteiger partial charge in [0.1, 0.15) is 18.3 Å². The van der Waals surface area contributed by atoms with E-state index in [1.54, 1.807) is 0 Å². The van der Waals surface area contributed by atoms with Crippen molar-refractivity contribution in [2.75, 3.05) is 13.2 Å². The second-order valence-corrected chi connectivity index (χ2v) is 52.2. The smallest absolute Gasteiger partial charge is 0.410 e. The summed E-state index contributed by atoms with van der Waals surface area (Å²) in [6.45, 7) is 42.6. The average Bonchev–Trinajstić information content (AvgIpc) is 2.70. The average molecular weight is 795 g/mol. The van der Waals surface area contributed by atoms with Gasteiger partial charge in [0.25, 0.3) is 0 Å². The van der Waals surface area contributed by atoms with Crippen LogP contribution in [0, 0.1) is 0 Å². The molecule has 0 aliphatic carbocycles. The number of carbonyl (C=O) groups is 1. The van der Waals surface area contributed by atoms with E-state index >= 15 is 0 Å². The fraction of sp³-hybridized carbons (Fsp3) is 0.964. The van der Waals surface area contributed by atoms with Gasteiger partial charge in [0, 0.05) is 0 Å². The molecule has 0 aliphatic rings. The Balaban J connectivity index is 7.37. The van der Waals surface area contributed by atoms with Crippen LogP contribution in [-0.2, 0) is 44.4 Å². The lowest BCUT2D eigenvalue weighted by Crippen LogP contribution is -2.61. The first-order chi connectivity index (χ1) is 19.9. The van der Waals surface area contributed by atoms with Gasteiger partial charge < -0.3 is 30.6 Å². The summed E-state index contributed by atoms with van der Waals surface area (Å²) in [5, 5.41) is 0. The van der Waals surface area contributed by atoms with Crippen molar-refractivity contribution in [2.24, 2.45) is 0 Å². The monoisotopic (exact) mass is 794 g/mol. The van der Waals surface area contributed by atoms with Crippen molar-refractivity contribution in [2.45, 2.75) is 162 Å². The largest absolute Gasteiger partial charge is 0.455 e. The van der Waals surface area contributed by atoms with E-state index in [0.29, 0.717) is 0 Å². The van der Waals surface area contributed by atoms with Gasteiger partial charge in [-0.1, -0.05) is 0 Å². The fourth-order valence-electron chi connectivity index (χ4n) is 4.10. The van der Waals surface area contributed by atoms with Gasteiger partial charge >= 0.3 is 7.82 Å². The Bertz CT molecular complexity index is 982. The van der Waals surface area contributed by atoms with Crippen LogP contribution in [0.4, 0.5) is 0 Å². The van der Waals surface area contributed by atoms with E-state index in [4.69, 9.17) is 35.1 Å². The highest BCUT2D eigenvalue weighted by molar-refractivity contribution is 7.52. The van der Waals surface area contributed by atoms with Gasteiger partial charge in [0.2, 0.25) is 0 Å². The molecule has 0 amide bonds. The number of rotatable bonds is 22. The maximum atomic E-state index is 14.2. The van der Waals surface area contributed by atoms with E-state index in [1.807, 2.05) is 39.3 Å². The second kappa shape index (κ2) is 17.1. The number of hydrogen-bond acceptors (Lipinski definition) is 10. The Morgan fingerprint density at radius 1 is 0.500 bits per heavy atom. The van der Waals surface area contributed by atoms with Crippen molar-refractivity contribution in [3.8, 4) is 0 Å². The second-order valence-electron chi connectivity index (χ2n) is 18.8. The Hall–Kier alpha value is 1.10. The molecule has 0 aromatic rings. The van der Waals surface area contributed by atoms with Crippen molar-refractivity contribution < 1.29 is 44.4 Å². The Labute approximate surface area is 290 Å². The van der Waals surface area contributed by atoms with E-state index in [-0.39, 0.29) is 19.0 Å². The van der Waals surface area contributed by atoms with Crippen molar-refractivity contribution in [3.63, 3.8) is 0 Å². The molecule has 0 spiro atoms. The van der Waals surface area contributed by atoms with E-state index in [9.17, 15) is 9.36 Å². The summed E-state index contributed by atoms with van der Waals surface area (Å²) in [4.78, 5) is 14.2. The highest BCUT2D eigenvalue weighted by Crippen LogP contribution is 2.54. The first kappa shape index (κ1) is 47.1. The standard InChI is InChI=1S/C28H71O10PSi7/c1-40(2,3)32-22-24(29)26(34-42(7,8)9)28(36-44(13,14)15)27(35-43(10,11)12)25(33-41(4,5)6)23-31-39(30,37-45(16,17)18)38-46(19,20)21/h25-28H,22-23H2,1-21H3. The lowest BCUT2D eigenvalue weighted by atomic mass is 10.0. The van der Waals surface area contributed by atoms with Gasteiger partial charge in [-0.25, -0.2) is 4.57 Å². The Morgan fingerprint density at radius 2 is 0.870 bits per heavy atom. The number of phosphoric acid groups is 1. The summed E-state index contributed by atoms with van der Waals surface area (Å²) in [6.07, 6.45) is -3.29. The van der Waals surface area contributed by atoms with E-state index < -0.39 is 90.5 Å². The number of ketones is 1. The van der Waals surface area contributed by atoms with Crippen LogP contribution >= 0.6 is 7.82 Å². The van der Waals surface area contributed by atoms with Crippen LogP contribution in [0.3, 0.4) is 0 Å². The molecule has 0 bridgehead atoms. The van der Waals surface area contributed by atoms with Gasteiger partial charge in [-0.05, 0) is 137 Å². The van der Waals surface area contributed by atoms with Crippen LogP contribution in [-0.4, -0.2) is 102 Å². The molecule has 46 heavy (non-hydrogen) atoms. The molecule has 0 rings (SSSR count). The van der Waals surface area contributed by atoms with Crippen LogP contribution in [0.5, 0.6) is 0 Å². The minimum Gasteiger partial charge on any atom is -0.410 e. The van der Waals surface area contributed by atoms with E-state index in [0.717, 1.165) is 0 Å². The zero-order valence-electron chi connectivity index (χ0n) is 33.3. The molecule has 0 fully saturated rings. The van der Waals surface area contributed by atoms with Crippen LogP contribution in [0.15, 0.2) is 0 Å². The summed E-state index contributed by atoms with van der Waals surface area (Å²) >= 11 is 0. The summed E-state index contributed by atoms with van der Waals surface area (Å²) in [6, 6.07) is 0. The molecular weight excluding hydrogens is 724 g/mol. The summed E-state index contributed by atoms with van der Waals surface area (Å²) in [5.74, 6) is -0.181. The van der Waals surface area contributed by atoms with Crippen LogP contribution in [0.25, 0.3) is 0 Å². The van der Waals surface area contributed by atoms with Gasteiger partial charge in [-0.15, -0.1) is 0 Å². The topological polar surface area (TPSA) is 108 Å². The normalized spacial score (nSPS) is 17.5. The lowest BCUT2D eigenvalue weighted by Gasteiger charge is -2.45. The first-order valence-corrected chi connectivity index (χ1v) is 41.8. The molecule has 18 heteroatoms. The summed E-state index contributed by atoms with van der Waals surface area (Å²) < 4.78 is 66.2. The number of Topliss-reactive ketones (excluding diaryl/α,β-unsaturated/α-hetero) is 1. The third kappa shape index (κ3) is 23.5. The predicted octanol–water partition coefficient (Wildman–Crippen LogP) is 9.12. The van der Waals surface area contributed by atoms with Gasteiger partial charge in [-0.3, -0.25) is 9.32 Å². The van der Waals surface area contributed by atoms with Gasteiger partial charge in [0.05, 0.1) is 19.3 Å². The van der Waals surface area contributed by atoms with Crippen LogP contribution in [0.2, 0.25) is 137 Å². The fourth-order valence-corrected chi connectivity index (χ4v) is 15.6. The predicted molar refractivity (Wildman–Crippen MR) is 210 cm³/mol. The van der Waals surface area contributed by atoms with Gasteiger partial charge in [0.15, 0.2) is 64.0 Å². The SMILES string of the molecule is C[Si](C)(C)OCC(=O)C(O[Si](C)(C)C)C(O[Si](C)(C)C)C(O[Si](C)(C)C)C(COP(=O)(O[Si](C)(C)C)O[Si](C)(C)C)O[Si](C)(C)C. The maximum absolute atomic E-state index is 14.2. The maximum Gasteiger partial charge on any atom is 0.455 e. The molecule has 0 aromatic carbocycles. The molecule has 0 saturated carbocycles. The van der Waals surface area contributed by atoms with Crippen molar-refractivity contribution >= 4 is 71.8 Å². The van der Waals surface area contributed by atoms with Crippen molar-refractivity contribution in [3.05, 3.63) is 0 Å². The molecule has 0 saturated heterocycles. The lowest BCUT2D eigenvalue weighted by molar-refractivity contribution is -0.141. The third-order valence-electron chi connectivity index (χ3n) is 5.09. The van der Waals surface area contributed by atoms with E-state index in [1.165, 1.54) is 0 Å². The summed E-state index contributed by atoms with van der Waals surface area (Å²) in [7, 11) is -19.9. The molecule has 4 atom stereocenters. The molecular formula is C28H71O10PSi7. The number of carbonyl (C=O) groups excluding carboxylic acids is 1. The Morgan fingerprint density at radius 3 is 1.20 bits per heavy atom. The zero-order valence-corrected chi connectivity index (χ0v) is 41.1. The summed E-state index contributed by atoms with van der Waals surface area (Å²) in [5.41, 5.74) is 0. The van der Waals surface area contributed by atoms with Crippen LogP contribution < -0.4 is 0 Å². The first-order valence-electron chi connectivity index (χ1n) is 16.4. The molecule has 4 unspecified atom stereocenters. The molecule has 0 heterocycles. The molecule has 0 aliphatic heterocycles. The minimum atomic E-state index is -3.97. The van der Waals surface area contributed by atoms with Crippen LogP contribution in [0.1, 0.15) is 0 Å². The van der Waals surface area contributed by atoms with Crippen molar-refractivity contribution in [1.82, 2.24) is 0 Å². The molecule has 276 valence electrons. The van der Waals surface area contributed by atoms with Gasteiger partial charge in [-0.2, -0.15) is 0 Å². The quantitative estimate of drug-likeness (QED) is 0.0778. The molecule has 10 nitrogen and oxygen atoms in total. The molecule has 0 N–H and O–H groups in total. The number of hydrogen-bond donors (Lipinski definition) is 0. The van der Waals surface area contributed by atoms with E-state index in [2.05, 4.69) is 98.2 Å². The highest BCUT2D eigenvalue weighted by atomic mass is 31.2. The highest BCUT2D eigenvalue weighted by Gasteiger charge is 2.48. The zero-order chi connectivity index (χ0) is 37.0. The third-order valence-corrected chi connectivity index (χ3v) is 16.7. The van der Waals surface area contributed by atoms with Crippen molar-refractivity contribution in [1.29, 1.82) is 0 Å². The molecule has 0 radical (unpaired) electrons. The molecule has 0 aromatic heterocycles. The Kier molecular flexibility index (Phi) is 17.5. The minimum absolute atomic E-state index is 0.0740.